The van der Waals surface area contributed by atoms with Crippen LogP contribution in [0.4, 0.5) is 4.39 Å². The Morgan fingerprint density at radius 3 is 2.50 bits per heavy atom. The predicted molar refractivity (Wildman–Crippen MR) is 93.2 cm³/mol. The van der Waals surface area contributed by atoms with E-state index in [2.05, 4.69) is 4.98 Å². The van der Waals surface area contributed by atoms with E-state index in [1.54, 1.807) is 34.8 Å². The van der Waals surface area contributed by atoms with Gasteiger partial charge in [0.05, 0.1) is 0 Å². The molecule has 0 fully saturated rings. The van der Waals surface area contributed by atoms with E-state index in [4.69, 9.17) is 12.2 Å². The van der Waals surface area contributed by atoms with Crippen molar-refractivity contribution in [2.75, 3.05) is 7.05 Å². The van der Waals surface area contributed by atoms with Crippen molar-refractivity contribution in [2.24, 2.45) is 0 Å². The highest BCUT2D eigenvalue weighted by molar-refractivity contribution is 7.71. The van der Waals surface area contributed by atoms with Crippen LogP contribution in [-0.4, -0.2) is 27.4 Å². The quantitative estimate of drug-likeness (QED) is 0.730. The third-order valence-electron chi connectivity index (χ3n) is 3.69. The Kier molecular flexibility index (Phi) is 4.57. The van der Waals surface area contributed by atoms with Gasteiger partial charge in [0.15, 0.2) is 4.77 Å². The summed E-state index contributed by atoms with van der Waals surface area (Å²) in [6.07, 6.45) is 1.58. The molecule has 1 heterocycles. The minimum atomic E-state index is -0.338. The molecule has 1 aromatic heterocycles. The molecule has 0 aliphatic carbocycles. The van der Waals surface area contributed by atoms with Crippen LogP contribution in [0.5, 0.6) is 0 Å². The highest BCUT2D eigenvalue weighted by atomic mass is 32.1. The van der Waals surface area contributed by atoms with Crippen LogP contribution in [-0.2, 0) is 6.54 Å². The van der Waals surface area contributed by atoms with Gasteiger partial charge >= 0.3 is 0 Å². The molecule has 24 heavy (non-hydrogen) atoms. The topological polar surface area (TPSA) is 41.0 Å². The molecule has 3 rings (SSSR count). The van der Waals surface area contributed by atoms with Gasteiger partial charge in [-0.3, -0.25) is 9.36 Å². The number of hydrogen-bond acceptors (Lipinski definition) is 2. The second kappa shape index (κ2) is 6.80. The summed E-state index contributed by atoms with van der Waals surface area (Å²) in [4.78, 5) is 17.3. The second-order valence-corrected chi connectivity index (χ2v) is 5.82. The van der Waals surface area contributed by atoms with Crippen LogP contribution in [0.1, 0.15) is 16.1 Å². The van der Waals surface area contributed by atoms with Crippen molar-refractivity contribution >= 4 is 18.1 Å². The average Bonchev–Trinajstić information content (AvgIpc) is 2.97. The van der Waals surface area contributed by atoms with E-state index in [-0.39, 0.29) is 11.7 Å². The Hall–Kier alpha value is -2.73. The fourth-order valence-corrected chi connectivity index (χ4v) is 2.76. The van der Waals surface area contributed by atoms with E-state index in [0.717, 1.165) is 5.56 Å². The first-order valence-electron chi connectivity index (χ1n) is 7.42. The summed E-state index contributed by atoms with van der Waals surface area (Å²) in [5.74, 6) is -0.509. The van der Waals surface area contributed by atoms with E-state index in [0.29, 0.717) is 22.7 Å². The minimum Gasteiger partial charge on any atom is -0.336 e. The lowest BCUT2D eigenvalue weighted by Gasteiger charge is -2.18. The zero-order valence-electron chi connectivity index (χ0n) is 13.1. The number of benzene rings is 2. The maximum atomic E-state index is 13.1. The first-order chi connectivity index (χ1) is 11.6. The molecule has 0 spiro atoms. The molecule has 0 aliphatic rings. The van der Waals surface area contributed by atoms with Crippen molar-refractivity contribution < 1.29 is 9.18 Å². The van der Waals surface area contributed by atoms with Gasteiger partial charge in [0.1, 0.15) is 11.5 Å². The second-order valence-electron chi connectivity index (χ2n) is 5.44. The van der Waals surface area contributed by atoms with Crippen LogP contribution in [0, 0.1) is 10.6 Å². The highest BCUT2D eigenvalue weighted by Gasteiger charge is 2.18. The Morgan fingerprint density at radius 2 is 1.83 bits per heavy atom. The van der Waals surface area contributed by atoms with Gasteiger partial charge in [-0.15, -0.1) is 0 Å². The molecular formula is C18H16FN3OS. The number of imidazole rings is 1. The number of carbonyl (C=O) groups excluding carboxylic acids is 1. The molecular weight excluding hydrogens is 325 g/mol. The van der Waals surface area contributed by atoms with Gasteiger partial charge < -0.3 is 9.88 Å². The van der Waals surface area contributed by atoms with Crippen LogP contribution >= 0.6 is 12.2 Å². The molecule has 0 saturated carbocycles. The Balaban J connectivity index is 1.91. The first-order valence-corrected chi connectivity index (χ1v) is 7.83. The molecule has 0 saturated heterocycles. The lowest BCUT2D eigenvalue weighted by molar-refractivity contribution is 0.0777. The normalized spacial score (nSPS) is 10.6. The summed E-state index contributed by atoms with van der Waals surface area (Å²) in [5, 5.41) is 0. The minimum absolute atomic E-state index is 0.171. The third kappa shape index (κ3) is 3.28. The number of aromatic nitrogens is 2. The molecule has 0 radical (unpaired) electrons. The zero-order valence-corrected chi connectivity index (χ0v) is 13.9. The van der Waals surface area contributed by atoms with Crippen LogP contribution < -0.4 is 0 Å². The van der Waals surface area contributed by atoms with Gasteiger partial charge in [0, 0.05) is 25.5 Å². The molecule has 122 valence electrons. The molecule has 6 heteroatoms. The fourth-order valence-electron chi connectivity index (χ4n) is 2.50. The lowest BCUT2D eigenvalue weighted by atomic mass is 10.2. The molecule has 0 unspecified atom stereocenters. The summed E-state index contributed by atoms with van der Waals surface area (Å²) in [6, 6.07) is 15.6. The van der Waals surface area contributed by atoms with Crippen molar-refractivity contribution in [1.29, 1.82) is 0 Å². The monoisotopic (exact) mass is 341 g/mol. The number of nitrogens with one attached hydrogen (secondary N) is 1. The molecule has 0 aliphatic heterocycles. The van der Waals surface area contributed by atoms with Gasteiger partial charge in [-0.25, -0.2) is 4.39 Å². The van der Waals surface area contributed by atoms with E-state index in [1.807, 2.05) is 30.3 Å². The maximum Gasteiger partial charge on any atom is 0.272 e. The van der Waals surface area contributed by atoms with Gasteiger partial charge in [-0.2, -0.15) is 0 Å². The predicted octanol–water partition coefficient (Wildman–Crippen LogP) is 3.95. The highest BCUT2D eigenvalue weighted by Crippen LogP contribution is 2.16. The molecule has 0 bridgehead atoms. The lowest BCUT2D eigenvalue weighted by Crippen LogP contribution is -2.28. The number of nitrogens with zero attached hydrogens (tertiary/aromatic N) is 2. The molecule has 4 nitrogen and oxygen atoms in total. The van der Waals surface area contributed by atoms with Crippen molar-refractivity contribution in [2.45, 2.75) is 6.54 Å². The van der Waals surface area contributed by atoms with Gasteiger partial charge in [0.2, 0.25) is 0 Å². The summed E-state index contributed by atoms with van der Waals surface area (Å²) in [5.41, 5.74) is 2.08. The standard InChI is InChI=1S/C18H16FN3OS/c1-21(12-13-5-3-2-4-6-13)17(23)16-11-20-18(24)22(16)15-9-7-14(19)8-10-15/h2-11H,12H2,1H3,(H,20,24). The van der Waals surface area contributed by atoms with E-state index < -0.39 is 0 Å². The number of H-pyrrole nitrogens is 1. The molecule has 2 aromatic carbocycles. The Bertz CT molecular complexity index is 900. The van der Waals surface area contributed by atoms with E-state index in [1.165, 1.54) is 12.1 Å². The molecule has 0 atom stereocenters. The van der Waals surface area contributed by atoms with Crippen LogP contribution in [0.15, 0.2) is 60.8 Å². The molecule has 3 aromatic rings. The number of halogens is 1. The van der Waals surface area contributed by atoms with E-state index in [9.17, 15) is 9.18 Å². The Labute approximate surface area is 144 Å². The van der Waals surface area contributed by atoms with E-state index >= 15 is 0 Å². The number of amides is 1. The summed E-state index contributed by atoms with van der Waals surface area (Å²) in [7, 11) is 1.74. The Morgan fingerprint density at radius 1 is 1.17 bits per heavy atom. The average molecular weight is 341 g/mol. The molecule has 1 amide bonds. The van der Waals surface area contributed by atoms with Gasteiger partial charge in [0.25, 0.3) is 5.91 Å². The van der Waals surface area contributed by atoms with Crippen molar-refractivity contribution in [1.82, 2.24) is 14.5 Å². The van der Waals surface area contributed by atoms with Crippen LogP contribution in [0.25, 0.3) is 5.69 Å². The van der Waals surface area contributed by atoms with Crippen molar-refractivity contribution in [3.05, 3.63) is 82.6 Å². The summed E-state index contributed by atoms with van der Waals surface area (Å²) in [6.45, 7) is 0.487. The number of hydrogen-bond donors (Lipinski definition) is 1. The maximum absolute atomic E-state index is 13.1. The number of rotatable bonds is 4. The third-order valence-corrected chi connectivity index (χ3v) is 3.99. The summed E-state index contributed by atoms with van der Waals surface area (Å²) >= 11 is 5.27. The first kappa shape index (κ1) is 16.1. The number of carbonyl (C=O) groups is 1. The zero-order chi connectivity index (χ0) is 17.1. The summed E-state index contributed by atoms with van der Waals surface area (Å²) < 4.78 is 15.1. The largest absolute Gasteiger partial charge is 0.336 e. The smallest absolute Gasteiger partial charge is 0.272 e. The SMILES string of the molecule is CN(Cc1ccccc1)C(=O)c1c[nH]c(=S)n1-c1ccc(F)cc1. The van der Waals surface area contributed by atoms with Crippen LogP contribution in [0.3, 0.4) is 0 Å². The van der Waals surface area contributed by atoms with Crippen molar-refractivity contribution in [3.8, 4) is 5.69 Å². The number of aromatic amines is 1. The fraction of sp³-hybridized carbons (Fsp3) is 0.111. The van der Waals surface area contributed by atoms with Crippen molar-refractivity contribution in [3.63, 3.8) is 0 Å². The van der Waals surface area contributed by atoms with Crippen LogP contribution in [0.2, 0.25) is 0 Å². The van der Waals surface area contributed by atoms with Gasteiger partial charge in [-0.05, 0) is 42.0 Å². The van der Waals surface area contributed by atoms with Gasteiger partial charge in [-0.1, -0.05) is 30.3 Å². The molecule has 1 N–H and O–H groups in total.